The molecule has 0 saturated carbocycles. The molecule has 3 N–H and O–H groups in total. The van der Waals surface area contributed by atoms with Crippen LogP contribution in [-0.2, 0) is 17.5 Å². The van der Waals surface area contributed by atoms with Gasteiger partial charge in [0.05, 0.1) is 17.2 Å². The highest BCUT2D eigenvalue weighted by Gasteiger charge is 2.35. The van der Waals surface area contributed by atoms with Crippen LogP contribution < -0.4 is 5.32 Å². The molecular weight excluding hydrogens is 389 g/mol. The molecule has 1 aromatic rings. The van der Waals surface area contributed by atoms with E-state index in [1.165, 1.54) is 6.07 Å². The van der Waals surface area contributed by atoms with Crippen molar-refractivity contribution in [2.45, 2.75) is 39.5 Å². The number of amides is 2. The van der Waals surface area contributed by atoms with Crippen molar-refractivity contribution >= 4 is 23.6 Å². The molecule has 27 heavy (non-hydrogen) atoms. The smallest absolute Gasteiger partial charge is 0.417 e. The van der Waals surface area contributed by atoms with Gasteiger partial charge >= 0.3 is 12.3 Å². The fourth-order valence-electron chi connectivity index (χ4n) is 2.38. The Morgan fingerprint density at radius 1 is 1.26 bits per heavy atom. The van der Waals surface area contributed by atoms with E-state index >= 15 is 0 Å². The summed E-state index contributed by atoms with van der Waals surface area (Å²) in [5.41, 5.74) is -1.49. The molecule has 0 heterocycles. The first-order valence-corrected chi connectivity index (χ1v) is 8.38. The van der Waals surface area contributed by atoms with Crippen molar-refractivity contribution in [3.8, 4) is 0 Å². The van der Waals surface area contributed by atoms with Crippen LogP contribution in [0.25, 0.3) is 0 Å². The lowest BCUT2D eigenvalue weighted by molar-refractivity contribution is -0.137. The third kappa shape index (κ3) is 6.59. The van der Waals surface area contributed by atoms with Crippen LogP contribution in [0.2, 0.25) is 5.02 Å². The van der Waals surface area contributed by atoms with E-state index in [1.54, 1.807) is 20.8 Å². The van der Waals surface area contributed by atoms with Gasteiger partial charge in [-0.05, 0) is 17.0 Å². The van der Waals surface area contributed by atoms with E-state index in [2.05, 4.69) is 5.32 Å². The number of aliphatic hydroxyl groups excluding tert-OH is 1. The fraction of sp³-hybridized carbons (Fsp3) is 0.529. The molecule has 1 atom stereocenters. The summed E-state index contributed by atoms with van der Waals surface area (Å²) in [5.74, 6) is -0.836. The molecule has 0 bridgehead atoms. The molecule has 2 amide bonds. The topological polar surface area (TPSA) is 89.9 Å². The number of alkyl halides is 3. The zero-order chi connectivity index (χ0) is 21.0. The number of halogens is 4. The van der Waals surface area contributed by atoms with Crippen molar-refractivity contribution in [1.82, 2.24) is 10.2 Å². The van der Waals surface area contributed by atoms with E-state index in [4.69, 9.17) is 11.6 Å². The van der Waals surface area contributed by atoms with Gasteiger partial charge in [0.25, 0.3) is 0 Å². The lowest BCUT2D eigenvalue weighted by atomic mass is 9.95. The maximum Gasteiger partial charge on any atom is 0.417 e. The van der Waals surface area contributed by atoms with Gasteiger partial charge in [-0.25, -0.2) is 4.79 Å². The van der Waals surface area contributed by atoms with Gasteiger partial charge in [-0.3, -0.25) is 9.69 Å². The second-order valence-electron chi connectivity index (χ2n) is 7.16. The summed E-state index contributed by atoms with van der Waals surface area (Å²) in [7, 11) is 0. The SMILES string of the molecule is CC(C)(C)CN(C(=O)O)C(CO)C(=O)NCc1cccc(C(F)(F)F)c1Cl. The van der Waals surface area contributed by atoms with E-state index in [0.29, 0.717) is 0 Å². The number of carbonyl (C=O) groups excluding carboxylic acids is 1. The summed E-state index contributed by atoms with van der Waals surface area (Å²) in [5, 5.41) is 20.6. The molecule has 0 aromatic heterocycles. The third-order valence-corrected chi connectivity index (χ3v) is 4.03. The van der Waals surface area contributed by atoms with Gasteiger partial charge in [-0.2, -0.15) is 13.2 Å². The Morgan fingerprint density at radius 3 is 2.30 bits per heavy atom. The second kappa shape index (κ2) is 8.79. The Bertz CT molecular complexity index is 690. The van der Waals surface area contributed by atoms with Crippen molar-refractivity contribution in [3.63, 3.8) is 0 Å². The van der Waals surface area contributed by atoms with Crippen LogP contribution in [0.15, 0.2) is 18.2 Å². The van der Waals surface area contributed by atoms with Crippen LogP contribution in [0.4, 0.5) is 18.0 Å². The summed E-state index contributed by atoms with van der Waals surface area (Å²) in [6, 6.07) is 1.89. The summed E-state index contributed by atoms with van der Waals surface area (Å²) in [6.07, 6.45) is -6.03. The van der Waals surface area contributed by atoms with Crippen LogP contribution in [0.1, 0.15) is 31.9 Å². The van der Waals surface area contributed by atoms with Gasteiger partial charge in [0.2, 0.25) is 5.91 Å². The van der Waals surface area contributed by atoms with E-state index in [9.17, 15) is 33.0 Å². The van der Waals surface area contributed by atoms with Gasteiger partial charge in [-0.1, -0.05) is 44.5 Å². The van der Waals surface area contributed by atoms with E-state index in [-0.39, 0.29) is 18.7 Å². The van der Waals surface area contributed by atoms with Gasteiger partial charge in [0.15, 0.2) is 0 Å². The molecular formula is C17H22ClF3N2O4. The van der Waals surface area contributed by atoms with Crippen molar-refractivity contribution < 1.29 is 33.0 Å². The molecule has 0 aliphatic carbocycles. The van der Waals surface area contributed by atoms with Crippen LogP contribution in [0.3, 0.4) is 0 Å². The standard InChI is InChI=1S/C17H22ClF3N2O4/c1-16(2,3)9-23(15(26)27)12(8-24)14(25)22-7-10-5-4-6-11(13(10)18)17(19,20)21/h4-6,12,24H,7-9H2,1-3H3,(H,22,25)(H,26,27). The van der Waals surface area contributed by atoms with Crippen LogP contribution in [0, 0.1) is 5.41 Å². The quantitative estimate of drug-likeness (QED) is 0.670. The van der Waals surface area contributed by atoms with Gasteiger partial charge in [0, 0.05) is 13.1 Å². The maximum absolute atomic E-state index is 12.9. The minimum absolute atomic E-state index is 0.0224. The monoisotopic (exact) mass is 410 g/mol. The fourth-order valence-corrected chi connectivity index (χ4v) is 2.68. The van der Waals surface area contributed by atoms with Crippen molar-refractivity contribution in [2.75, 3.05) is 13.2 Å². The highest BCUT2D eigenvalue weighted by Crippen LogP contribution is 2.36. The lowest BCUT2D eigenvalue weighted by Crippen LogP contribution is -2.53. The highest BCUT2D eigenvalue weighted by atomic mass is 35.5. The average molecular weight is 411 g/mol. The summed E-state index contributed by atoms with van der Waals surface area (Å²) in [6.45, 7) is 4.14. The van der Waals surface area contributed by atoms with Crippen LogP contribution >= 0.6 is 11.6 Å². The summed E-state index contributed by atoms with van der Waals surface area (Å²) >= 11 is 5.77. The molecule has 0 aliphatic heterocycles. The van der Waals surface area contributed by atoms with Crippen molar-refractivity contribution in [1.29, 1.82) is 0 Å². The lowest BCUT2D eigenvalue weighted by Gasteiger charge is -2.32. The Hall–Kier alpha value is -2.00. The Kier molecular flexibility index (Phi) is 7.50. The minimum Gasteiger partial charge on any atom is -0.465 e. The maximum atomic E-state index is 12.9. The highest BCUT2D eigenvalue weighted by molar-refractivity contribution is 6.32. The van der Waals surface area contributed by atoms with Gasteiger partial charge < -0.3 is 15.5 Å². The molecule has 1 rings (SSSR count). The zero-order valence-corrected chi connectivity index (χ0v) is 15.9. The Balaban J connectivity index is 2.95. The molecule has 0 fully saturated rings. The minimum atomic E-state index is -4.64. The molecule has 1 unspecified atom stereocenters. The number of benzene rings is 1. The van der Waals surface area contributed by atoms with Crippen molar-refractivity contribution in [2.24, 2.45) is 5.41 Å². The molecule has 6 nitrogen and oxygen atoms in total. The van der Waals surface area contributed by atoms with Crippen molar-refractivity contribution in [3.05, 3.63) is 34.3 Å². The van der Waals surface area contributed by atoms with E-state index in [0.717, 1.165) is 17.0 Å². The number of nitrogens with zero attached hydrogens (tertiary/aromatic N) is 1. The van der Waals surface area contributed by atoms with E-state index in [1.807, 2.05) is 0 Å². The van der Waals surface area contributed by atoms with Crippen LogP contribution in [-0.4, -0.2) is 46.3 Å². The molecule has 1 aromatic carbocycles. The number of nitrogens with one attached hydrogen (secondary N) is 1. The number of hydrogen-bond acceptors (Lipinski definition) is 3. The summed E-state index contributed by atoms with van der Waals surface area (Å²) in [4.78, 5) is 24.6. The Morgan fingerprint density at radius 2 is 1.85 bits per heavy atom. The number of carbonyl (C=O) groups is 2. The molecule has 10 heteroatoms. The van der Waals surface area contributed by atoms with E-state index < -0.39 is 46.8 Å². The zero-order valence-electron chi connectivity index (χ0n) is 15.1. The number of carboxylic acid groups (broad SMARTS) is 1. The number of rotatable bonds is 6. The Labute approximate surface area is 159 Å². The molecule has 0 aliphatic rings. The first-order valence-electron chi connectivity index (χ1n) is 8.00. The number of hydrogen-bond donors (Lipinski definition) is 3. The number of aliphatic hydroxyl groups is 1. The normalized spacial score (nSPS) is 13.2. The first-order chi connectivity index (χ1) is 12.3. The van der Waals surface area contributed by atoms with Crippen LogP contribution in [0.5, 0.6) is 0 Å². The summed E-state index contributed by atoms with van der Waals surface area (Å²) < 4.78 is 38.7. The predicted molar refractivity (Wildman–Crippen MR) is 93.4 cm³/mol. The van der Waals surface area contributed by atoms with Gasteiger partial charge in [-0.15, -0.1) is 0 Å². The third-order valence-electron chi connectivity index (χ3n) is 3.58. The predicted octanol–water partition coefficient (Wildman–Crippen LogP) is 3.36. The average Bonchev–Trinajstić information content (AvgIpc) is 2.51. The molecule has 152 valence electrons. The molecule has 0 saturated heterocycles. The first kappa shape index (κ1) is 23.0. The molecule has 0 spiro atoms. The molecule has 0 radical (unpaired) electrons. The largest absolute Gasteiger partial charge is 0.465 e. The van der Waals surface area contributed by atoms with Gasteiger partial charge in [0.1, 0.15) is 6.04 Å². The second-order valence-corrected chi connectivity index (χ2v) is 7.54.